The molecule has 0 spiro atoms. The van der Waals surface area contributed by atoms with Gasteiger partial charge >= 0.3 is 0 Å². The predicted octanol–water partition coefficient (Wildman–Crippen LogP) is 2.36. The predicted molar refractivity (Wildman–Crippen MR) is 43.3 cm³/mol. The van der Waals surface area contributed by atoms with Crippen molar-refractivity contribution in [2.75, 3.05) is 0 Å². The van der Waals surface area contributed by atoms with Crippen LogP contribution in [-0.2, 0) is 0 Å². The normalized spacial score (nSPS) is 10.1. The van der Waals surface area contributed by atoms with Crippen molar-refractivity contribution in [3.05, 3.63) is 21.9 Å². The van der Waals surface area contributed by atoms with Crippen molar-refractivity contribution in [3.63, 3.8) is 0 Å². The van der Waals surface area contributed by atoms with Crippen LogP contribution in [0.15, 0.2) is 10.8 Å². The zero-order valence-corrected chi connectivity index (χ0v) is 7.72. The molecule has 0 saturated carbocycles. The van der Waals surface area contributed by atoms with Crippen molar-refractivity contribution in [3.8, 4) is 11.8 Å². The summed E-state index contributed by atoms with van der Waals surface area (Å²) in [6, 6.07) is 1.52. The summed E-state index contributed by atoms with van der Waals surface area (Å²) >= 11 is 2.77. The minimum Gasteiger partial charge on any atom is -0.505 e. The number of pyridine rings is 1. The zero-order chi connectivity index (χ0) is 10.0. The molecule has 68 valence electrons. The van der Waals surface area contributed by atoms with E-state index in [0.29, 0.717) is 0 Å². The average Bonchev–Trinajstić information content (AvgIpc) is 2.08. The standard InChI is InChI=1S/C7H3BrF2N2O/c8-6-5(13)4(7(9)10)3(1-11)2-12-6/h2,7,13H. The van der Waals surface area contributed by atoms with Gasteiger partial charge in [0.2, 0.25) is 0 Å². The number of aromatic hydroxyl groups is 1. The van der Waals surface area contributed by atoms with Crippen molar-refractivity contribution in [1.29, 1.82) is 5.26 Å². The molecule has 0 amide bonds. The van der Waals surface area contributed by atoms with Gasteiger partial charge in [-0.1, -0.05) is 0 Å². The first-order valence-electron chi connectivity index (χ1n) is 3.13. The second-order valence-electron chi connectivity index (χ2n) is 2.14. The summed E-state index contributed by atoms with van der Waals surface area (Å²) in [5.41, 5.74) is -1.01. The fraction of sp³-hybridized carbons (Fsp3) is 0.143. The molecule has 0 atom stereocenters. The summed E-state index contributed by atoms with van der Waals surface area (Å²) in [5.74, 6) is -0.686. The maximum Gasteiger partial charge on any atom is 0.268 e. The Balaban J connectivity index is 3.43. The second-order valence-corrected chi connectivity index (χ2v) is 2.89. The first-order chi connectivity index (χ1) is 6.07. The molecule has 1 aromatic heterocycles. The first kappa shape index (κ1) is 9.86. The fourth-order valence-electron chi connectivity index (χ4n) is 0.801. The van der Waals surface area contributed by atoms with E-state index in [4.69, 9.17) is 10.4 Å². The number of hydrogen-bond acceptors (Lipinski definition) is 3. The van der Waals surface area contributed by atoms with Gasteiger partial charge in [-0.05, 0) is 15.9 Å². The molecule has 0 unspecified atom stereocenters. The molecule has 0 radical (unpaired) electrons. The summed E-state index contributed by atoms with van der Waals surface area (Å²) in [6.45, 7) is 0. The van der Waals surface area contributed by atoms with E-state index in [-0.39, 0.29) is 10.2 Å². The molecule has 6 heteroatoms. The van der Waals surface area contributed by atoms with Gasteiger partial charge < -0.3 is 5.11 Å². The van der Waals surface area contributed by atoms with Gasteiger partial charge in [0, 0.05) is 6.20 Å². The number of nitriles is 1. The highest BCUT2D eigenvalue weighted by atomic mass is 79.9. The molecular weight excluding hydrogens is 246 g/mol. The van der Waals surface area contributed by atoms with Crippen molar-refractivity contribution in [2.45, 2.75) is 6.43 Å². The van der Waals surface area contributed by atoms with Gasteiger partial charge in [-0.15, -0.1) is 0 Å². The maximum absolute atomic E-state index is 12.3. The number of rotatable bonds is 1. The molecule has 1 N–H and O–H groups in total. The molecule has 0 aromatic carbocycles. The molecule has 0 aliphatic carbocycles. The summed E-state index contributed by atoms with van der Waals surface area (Å²) in [5, 5.41) is 17.6. The van der Waals surface area contributed by atoms with Gasteiger partial charge in [0.05, 0.1) is 11.1 Å². The Kier molecular flexibility index (Phi) is 2.78. The molecule has 1 rings (SSSR count). The van der Waals surface area contributed by atoms with E-state index in [9.17, 15) is 8.78 Å². The van der Waals surface area contributed by atoms with Crippen molar-refractivity contribution in [2.24, 2.45) is 0 Å². The molecule has 0 fully saturated rings. The van der Waals surface area contributed by atoms with Crippen LogP contribution in [0.25, 0.3) is 0 Å². The fourth-order valence-corrected chi connectivity index (χ4v) is 1.12. The Morgan fingerprint density at radius 2 is 2.23 bits per heavy atom. The quantitative estimate of drug-likeness (QED) is 0.777. The van der Waals surface area contributed by atoms with Crippen LogP contribution in [0, 0.1) is 11.3 Å². The van der Waals surface area contributed by atoms with Crippen molar-refractivity contribution < 1.29 is 13.9 Å². The Hall–Kier alpha value is -1.22. The summed E-state index contributed by atoms with van der Waals surface area (Å²) < 4.78 is 24.5. The van der Waals surface area contributed by atoms with Crippen LogP contribution in [0.1, 0.15) is 17.6 Å². The van der Waals surface area contributed by atoms with E-state index >= 15 is 0 Å². The zero-order valence-electron chi connectivity index (χ0n) is 6.13. The van der Waals surface area contributed by atoms with Crippen LogP contribution in [0.4, 0.5) is 8.78 Å². The number of hydrogen-bond donors (Lipinski definition) is 1. The van der Waals surface area contributed by atoms with Crippen LogP contribution < -0.4 is 0 Å². The van der Waals surface area contributed by atoms with Crippen molar-refractivity contribution in [1.82, 2.24) is 4.98 Å². The monoisotopic (exact) mass is 248 g/mol. The Morgan fingerprint density at radius 3 is 2.69 bits per heavy atom. The molecule has 1 aromatic rings. The lowest BCUT2D eigenvalue weighted by Gasteiger charge is -2.05. The van der Waals surface area contributed by atoms with E-state index in [1.54, 1.807) is 0 Å². The largest absolute Gasteiger partial charge is 0.505 e. The van der Waals surface area contributed by atoms with Gasteiger partial charge in [-0.2, -0.15) is 5.26 Å². The minimum atomic E-state index is -2.89. The van der Waals surface area contributed by atoms with Gasteiger partial charge in [0.25, 0.3) is 6.43 Å². The lowest BCUT2D eigenvalue weighted by molar-refractivity contribution is 0.146. The Morgan fingerprint density at radius 1 is 1.62 bits per heavy atom. The third-order valence-corrected chi connectivity index (χ3v) is 1.97. The number of halogens is 3. The molecule has 0 bridgehead atoms. The molecule has 13 heavy (non-hydrogen) atoms. The number of nitrogens with zero attached hydrogens (tertiary/aromatic N) is 2. The molecule has 0 aliphatic heterocycles. The third-order valence-electron chi connectivity index (χ3n) is 1.39. The summed E-state index contributed by atoms with van der Waals surface area (Å²) in [7, 11) is 0. The molecule has 0 saturated heterocycles. The highest BCUT2D eigenvalue weighted by molar-refractivity contribution is 9.10. The molecule has 1 heterocycles. The van der Waals surface area contributed by atoms with Crippen LogP contribution in [0.5, 0.6) is 5.75 Å². The summed E-state index contributed by atoms with van der Waals surface area (Å²) in [4.78, 5) is 3.50. The molecule has 0 aliphatic rings. The molecule has 3 nitrogen and oxygen atoms in total. The Bertz CT molecular complexity index is 375. The number of aromatic nitrogens is 1. The average molecular weight is 249 g/mol. The van der Waals surface area contributed by atoms with E-state index in [1.165, 1.54) is 6.07 Å². The summed E-state index contributed by atoms with van der Waals surface area (Å²) in [6.07, 6.45) is -1.92. The smallest absolute Gasteiger partial charge is 0.268 e. The number of alkyl halides is 2. The van der Waals surface area contributed by atoms with E-state index < -0.39 is 17.7 Å². The lowest BCUT2D eigenvalue weighted by atomic mass is 10.1. The van der Waals surface area contributed by atoms with E-state index in [0.717, 1.165) is 6.20 Å². The van der Waals surface area contributed by atoms with Gasteiger partial charge in [-0.25, -0.2) is 13.8 Å². The Labute approximate surface area is 80.8 Å². The molecular formula is C7H3BrF2N2O. The van der Waals surface area contributed by atoms with Gasteiger partial charge in [-0.3, -0.25) is 0 Å². The highest BCUT2D eigenvalue weighted by Gasteiger charge is 2.20. The SMILES string of the molecule is N#Cc1cnc(Br)c(O)c1C(F)F. The van der Waals surface area contributed by atoms with Crippen LogP contribution in [0.3, 0.4) is 0 Å². The van der Waals surface area contributed by atoms with E-state index in [1.807, 2.05) is 0 Å². The topological polar surface area (TPSA) is 56.9 Å². The minimum absolute atomic E-state index is 0.0956. The van der Waals surface area contributed by atoms with Gasteiger partial charge in [0.15, 0.2) is 5.75 Å². The van der Waals surface area contributed by atoms with Crippen LogP contribution in [0.2, 0.25) is 0 Å². The second kappa shape index (κ2) is 3.66. The van der Waals surface area contributed by atoms with E-state index in [2.05, 4.69) is 20.9 Å². The van der Waals surface area contributed by atoms with Crippen molar-refractivity contribution >= 4 is 15.9 Å². The third kappa shape index (κ3) is 1.75. The maximum atomic E-state index is 12.3. The lowest BCUT2D eigenvalue weighted by Crippen LogP contribution is -1.94. The van der Waals surface area contributed by atoms with Crippen LogP contribution >= 0.6 is 15.9 Å². The first-order valence-corrected chi connectivity index (χ1v) is 3.92. The van der Waals surface area contributed by atoms with Crippen LogP contribution in [-0.4, -0.2) is 10.1 Å². The highest BCUT2D eigenvalue weighted by Crippen LogP contribution is 2.34. The van der Waals surface area contributed by atoms with Gasteiger partial charge in [0.1, 0.15) is 10.7 Å².